The fraction of sp³-hybridized carbons (Fsp3) is 0.200. The maximum atomic E-state index is 5.35. The summed E-state index contributed by atoms with van der Waals surface area (Å²) >= 11 is 8.22. The normalized spacial score (nSPS) is 16.4. The van der Waals surface area contributed by atoms with Gasteiger partial charge in [0.2, 0.25) is 0 Å². The van der Waals surface area contributed by atoms with Crippen LogP contribution < -0.4 is 16.5 Å². The molecule has 16 heavy (non-hydrogen) atoms. The van der Waals surface area contributed by atoms with Gasteiger partial charge in [-0.1, -0.05) is 12.1 Å². The molecule has 84 valence electrons. The van der Waals surface area contributed by atoms with Crippen molar-refractivity contribution in [3.8, 4) is 0 Å². The van der Waals surface area contributed by atoms with Crippen LogP contribution >= 0.6 is 28.1 Å². The molecule has 0 aliphatic carbocycles. The van der Waals surface area contributed by atoms with Crippen LogP contribution in [0, 0.1) is 0 Å². The smallest absolute Gasteiger partial charge is 0.184 e. The van der Waals surface area contributed by atoms with Crippen molar-refractivity contribution in [1.29, 1.82) is 0 Å². The van der Waals surface area contributed by atoms with Gasteiger partial charge in [0.15, 0.2) is 5.11 Å². The molecule has 0 unspecified atom stereocenters. The van der Waals surface area contributed by atoms with Crippen molar-refractivity contribution in [2.75, 3.05) is 11.9 Å². The summed E-state index contributed by atoms with van der Waals surface area (Å²) in [6, 6.07) is 5.99. The molecule has 0 fully saturated rings. The lowest BCUT2D eigenvalue weighted by Crippen LogP contribution is -2.28. The van der Waals surface area contributed by atoms with Gasteiger partial charge in [0.1, 0.15) is 0 Å². The molecule has 4 N–H and O–H groups in total. The van der Waals surface area contributed by atoms with Gasteiger partial charge >= 0.3 is 0 Å². The van der Waals surface area contributed by atoms with Crippen LogP contribution in [0.2, 0.25) is 0 Å². The summed E-state index contributed by atoms with van der Waals surface area (Å²) in [5.41, 5.74) is 11.1. The number of halogens is 1. The summed E-state index contributed by atoms with van der Waals surface area (Å²) in [6.07, 6.45) is 0.846. The van der Waals surface area contributed by atoms with Gasteiger partial charge in [-0.05, 0) is 34.2 Å². The number of fused-ring (bicyclic) bond motifs is 1. The number of anilines is 1. The predicted octanol–water partition coefficient (Wildman–Crippen LogP) is 1.80. The number of hydrogen-bond acceptors (Lipinski definition) is 3. The number of thiocarbonyl (C=S) groups is 1. The Bertz CT molecular complexity index is 458. The fourth-order valence-corrected chi connectivity index (χ4v) is 2.18. The molecule has 2 rings (SSSR count). The zero-order chi connectivity index (χ0) is 11.5. The first-order valence-corrected chi connectivity index (χ1v) is 6.03. The Morgan fingerprint density at radius 2 is 2.38 bits per heavy atom. The molecule has 0 spiro atoms. The Hall–Kier alpha value is -1.14. The van der Waals surface area contributed by atoms with E-state index in [9.17, 15) is 0 Å². The topological polar surface area (TPSA) is 62.4 Å². The van der Waals surface area contributed by atoms with Crippen molar-refractivity contribution >= 4 is 44.7 Å². The Kier molecular flexibility index (Phi) is 3.40. The largest absolute Gasteiger partial charge is 0.383 e. The zero-order valence-corrected chi connectivity index (χ0v) is 10.9. The minimum atomic E-state index is 0.183. The lowest BCUT2D eigenvalue weighted by molar-refractivity contribution is 0.983. The van der Waals surface area contributed by atoms with E-state index in [1.807, 2.05) is 18.2 Å². The highest BCUT2D eigenvalue weighted by molar-refractivity contribution is 9.10. The third-order valence-corrected chi connectivity index (χ3v) is 3.04. The fourth-order valence-electron chi connectivity index (χ4n) is 1.62. The second kappa shape index (κ2) is 4.80. The van der Waals surface area contributed by atoms with Crippen LogP contribution in [0.1, 0.15) is 12.0 Å². The maximum absolute atomic E-state index is 5.35. The standard InChI is InChI=1S/C10H11BrN4S/c11-7-3-1-2-6-8(14-15-10(12)16)4-5-13-9(6)7/h1-3,13H,4-5H2,(H3,12,15,16). The van der Waals surface area contributed by atoms with Crippen LogP contribution in [0.15, 0.2) is 27.8 Å². The molecule has 0 radical (unpaired) electrons. The monoisotopic (exact) mass is 298 g/mol. The van der Waals surface area contributed by atoms with E-state index in [1.54, 1.807) is 0 Å². The minimum Gasteiger partial charge on any atom is -0.383 e. The van der Waals surface area contributed by atoms with E-state index in [1.165, 1.54) is 0 Å². The molecule has 0 atom stereocenters. The number of para-hydroxylation sites is 1. The van der Waals surface area contributed by atoms with Gasteiger partial charge in [-0.3, -0.25) is 5.43 Å². The van der Waals surface area contributed by atoms with Crippen molar-refractivity contribution in [1.82, 2.24) is 5.43 Å². The molecule has 0 amide bonds. The van der Waals surface area contributed by atoms with Crippen LogP contribution in [-0.2, 0) is 0 Å². The molecule has 0 saturated carbocycles. The van der Waals surface area contributed by atoms with Crippen molar-refractivity contribution in [2.45, 2.75) is 6.42 Å². The van der Waals surface area contributed by atoms with Gasteiger partial charge in [0, 0.05) is 23.0 Å². The molecule has 0 aromatic heterocycles. The van der Waals surface area contributed by atoms with Crippen LogP contribution in [0.3, 0.4) is 0 Å². The summed E-state index contributed by atoms with van der Waals surface area (Å²) < 4.78 is 1.03. The molecule has 1 aliphatic rings. The second-order valence-electron chi connectivity index (χ2n) is 3.37. The highest BCUT2D eigenvalue weighted by Gasteiger charge is 2.16. The number of benzene rings is 1. The molecule has 0 bridgehead atoms. The van der Waals surface area contributed by atoms with E-state index in [-0.39, 0.29) is 5.11 Å². The number of nitrogens with one attached hydrogen (secondary N) is 2. The summed E-state index contributed by atoms with van der Waals surface area (Å²) in [4.78, 5) is 0. The Labute approximate surface area is 107 Å². The van der Waals surface area contributed by atoms with E-state index in [0.717, 1.165) is 34.4 Å². The van der Waals surface area contributed by atoms with E-state index in [4.69, 9.17) is 18.0 Å². The number of hydrogen-bond donors (Lipinski definition) is 3. The highest BCUT2D eigenvalue weighted by Crippen LogP contribution is 2.30. The first-order chi connectivity index (χ1) is 7.68. The van der Waals surface area contributed by atoms with Crippen molar-refractivity contribution in [3.63, 3.8) is 0 Å². The third-order valence-electron chi connectivity index (χ3n) is 2.29. The minimum absolute atomic E-state index is 0.183. The molecular weight excluding hydrogens is 288 g/mol. The average Bonchev–Trinajstić information content (AvgIpc) is 2.27. The van der Waals surface area contributed by atoms with E-state index >= 15 is 0 Å². The van der Waals surface area contributed by atoms with Gasteiger partial charge in [-0.2, -0.15) is 5.10 Å². The number of nitrogens with zero attached hydrogens (tertiary/aromatic N) is 1. The number of hydrazone groups is 1. The Balaban J connectivity index is 2.37. The Morgan fingerprint density at radius 3 is 3.12 bits per heavy atom. The molecule has 6 heteroatoms. The summed E-state index contributed by atoms with van der Waals surface area (Å²) in [5, 5.41) is 7.72. The number of nitrogens with two attached hydrogens (primary N) is 1. The van der Waals surface area contributed by atoms with Crippen LogP contribution in [0.4, 0.5) is 5.69 Å². The van der Waals surface area contributed by atoms with Gasteiger partial charge in [0.25, 0.3) is 0 Å². The lowest BCUT2D eigenvalue weighted by Gasteiger charge is -2.20. The molecule has 4 nitrogen and oxygen atoms in total. The second-order valence-corrected chi connectivity index (χ2v) is 4.67. The van der Waals surface area contributed by atoms with E-state index in [0.29, 0.717) is 0 Å². The van der Waals surface area contributed by atoms with Gasteiger partial charge in [-0.15, -0.1) is 0 Å². The first-order valence-electron chi connectivity index (χ1n) is 4.83. The van der Waals surface area contributed by atoms with Crippen LogP contribution in [0.25, 0.3) is 0 Å². The lowest BCUT2D eigenvalue weighted by atomic mass is 10.0. The van der Waals surface area contributed by atoms with Crippen molar-refractivity contribution in [2.24, 2.45) is 10.8 Å². The number of rotatable bonds is 1. The SMILES string of the molecule is NC(=S)NN=C1CCNc2c(Br)cccc21. The summed E-state index contributed by atoms with van der Waals surface area (Å²) in [7, 11) is 0. The average molecular weight is 299 g/mol. The molecule has 1 heterocycles. The molecule has 0 saturated heterocycles. The quantitative estimate of drug-likeness (QED) is 0.546. The molecule has 1 aromatic rings. The summed E-state index contributed by atoms with van der Waals surface area (Å²) in [5.74, 6) is 0. The van der Waals surface area contributed by atoms with E-state index < -0.39 is 0 Å². The molecule has 1 aliphatic heterocycles. The van der Waals surface area contributed by atoms with Gasteiger partial charge in [0.05, 0.1) is 11.4 Å². The van der Waals surface area contributed by atoms with Crippen molar-refractivity contribution < 1.29 is 0 Å². The van der Waals surface area contributed by atoms with Crippen molar-refractivity contribution in [3.05, 3.63) is 28.2 Å². The molecule has 1 aromatic carbocycles. The Morgan fingerprint density at radius 1 is 1.56 bits per heavy atom. The van der Waals surface area contributed by atoms with E-state index in [2.05, 4.69) is 31.8 Å². The predicted molar refractivity (Wildman–Crippen MR) is 73.7 cm³/mol. The van der Waals surface area contributed by atoms with Crippen LogP contribution in [-0.4, -0.2) is 17.4 Å². The van der Waals surface area contributed by atoms with Gasteiger partial charge in [-0.25, -0.2) is 0 Å². The zero-order valence-electron chi connectivity index (χ0n) is 8.46. The summed E-state index contributed by atoms with van der Waals surface area (Å²) in [6.45, 7) is 0.855. The third kappa shape index (κ3) is 2.33. The molecular formula is C10H11BrN4S. The highest BCUT2D eigenvalue weighted by atomic mass is 79.9. The first kappa shape index (κ1) is 11.3. The maximum Gasteiger partial charge on any atom is 0.184 e. The van der Waals surface area contributed by atoms with Crippen LogP contribution in [0.5, 0.6) is 0 Å². The van der Waals surface area contributed by atoms with Gasteiger partial charge < -0.3 is 11.1 Å².